The summed E-state index contributed by atoms with van der Waals surface area (Å²) >= 11 is 0. The van der Waals surface area contributed by atoms with Crippen molar-refractivity contribution in [2.24, 2.45) is 5.10 Å². The smallest absolute Gasteiger partial charge is 0.140 e. The molecule has 0 saturated carbocycles. The van der Waals surface area contributed by atoms with Crippen LogP contribution in [0.4, 0.5) is 5.69 Å². The van der Waals surface area contributed by atoms with Crippen LogP contribution in [0, 0.1) is 6.92 Å². The lowest BCUT2D eigenvalue weighted by molar-refractivity contribution is 0.331. The fourth-order valence-corrected chi connectivity index (χ4v) is 4.85. The molecule has 3 N–H and O–H groups in total. The van der Waals surface area contributed by atoms with Gasteiger partial charge in [0.05, 0.1) is 23.6 Å². The Balaban J connectivity index is 1.25. The highest BCUT2D eigenvalue weighted by Crippen LogP contribution is 2.30. The molecule has 0 aliphatic carbocycles. The van der Waals surface area contributed by atoms with Gasteiger partial charge in [-0.3, -0.25) is 9.88 Å². The van der Waals surface area contributed by atoms with Gasteiger partial charge in [-0.15, -0.1) is 0 Å². The zero-order valence-electron chi connectivity index (χ0n) is 19.9. The summed E-state index contributed by atoms with van der Waals surface area (Å²) in [6.45, 7) is 6.01. The lowest BCUT2D eigenvalue weighted by Crippen LogP contribution is -2.32. The number of likely N-dealkylation sites (tertiary alicyclic amines) is 1. The van der Waals surface area contributed by atoms with Crippen molar-refractivity contribution >= 4 is 17.6 Å². The van der Waals surface area contributed by atoms with Crippen LogP contribution in [0.5, 0.6) is 0 Å². The summed E-state index contributed by atoms with van der Waals surface area (Å²) in [4.78, 5) is 15.8. The molecule has 1 atom stereocenters. The summed E-state index contributed by atoms with van der Waals surface area (Å²) in [6.07, 6.45) is 10.6. The fourth-order valence-electron chi connectivity index (χ4n) is 4.85. The van der Waals surface area contributed by atoms with Crippen molar-refractivity contribution in [1.29, 1.82) is 0 Å². The second-order valence-corrected chi connectivity index (χ2v) is 9.29. The Morgan fingerprint density at radius 3 is 2.86 bits per heavy atom. The molecule has 3 aliphatic heterocycles. The number of hydrogen-bond donors (Lipinski definition) is 3. The Bertz CT molecular complexity index is 1300. The van der Waals surface area contributed by atoms with Crippen molar-refractivity contribution in [3.63, 3.8) is 0 Å². The molecule has 8 nitrogen and oxygen atoms in total. The molecule has 0 spiro atoms. The van der Waals surface area contributed by atoms with Gasteiger partial charge in [-0.05, 0) is 68.8 Å². The molecule has 1 unspecified atom stereocenters. The van der Waals surface area contributed by atoms with Crippen molar-refractivity contribution in [3.05, 3.63) is 83.6 Å². The van der Waals surface area contributed by atoms with E-state index < -0.39 is 0 Å². The normalized spacial score (nSPS) is 19.1. The molecule has 8 heteroatoms. The lowest BCUT2D eigenvalue weighted by atomic mass is 10.1. The Morgan fingerprint density at radius 1 is 1.09 bits per heavy atom. The van der Waals surface area contributed by atoms with Crippen LogP contribution < -0.4 is 10.6 Å². The molecular weight excluding hydrogens is 436 g/mol. The minimum Gasteiger partial charge on any atom is -0.378 e. The standard InChI is InChI=1S/C27H30N8/c1-19-6-4-9-23(31-19)27-26(21-10-11-25-29-18-30-35(25)17-21)32-24(33-27)15-28-22-8-5-7-20(14-22)16-34-12-2-3-13-34/h4-11,14,17-18,25,28H,2-3,12-13,15-16H2,1H3,(H,29,30)(H,32,33). The topological polar surface area (TPSA) is 84.5 Å². The fraction of sp³-hybridized carbons (Fsp3) is 0.296. The summed E-state index contributed by atoms with van der Waals surface area (Å²) in [6, 6.07) is 14.8. The molecule has 5 heterocycles. The van der Waals surface area contributed by atoms with Crippen molar-refractivity contribution in [2.45, 2.75) is 39.0 Å². The SMILES string of the molecule is Cc1cccc(-c2[nH]c(CNc3cccc(CN4CCCC4)c3)nc2C2=CN3N=CNC3C=C2)n1. The predicted octanol–water partition coefficient (Wildman–Crippen LogP) is 4.07. The van der Waals surface area contributed by atoms with Crippen LogP contribution in [-0.2, 0) is 13.1 Å². The Labute approximate surface area is 205 Å². The molecule has 1 fully saturated rings. The van der Waals surface area contributed by atoms with Gasteiger partial charge in [0.1, 0.15) is 18.3 Å². The summed E-state index contributed by atoms with van der Waals surface area (Å²) in [5.41, 5.74) is 7.08. The number of imidazole rings is 1. The average Bonchev–Trinajstić information content (AvgIpc) is 3.63. The molecule has 0 bridgehead atoms. The minimum absolute atomic E-state index is 0.0622. The van der Waals surface area contributed by atoms with E-state index in [2.05, 4.69) is 62.0 Å². The van der Waals surface area contributed by atoms with Gasteiger partial charge in [0, 0.05) is 29.7 Å². The molecule has 1 saturated heterocycles. The Hall–Kier alpha value is -3.91. The minimum atomic E-state index is 0.0622. The second kappa shape index (κ2) is 9.38. The molecule has 2 aromatic heterocycles. The van der Waals surface area contributed by atoms with E-state index >= 15 is 0 Å². The number of benzene rings is 1. The number of aromatic amines is 1. The number of nitrogens with zero attached hydrogens (tertiary/aromatic N) is 5. The maximum Gasteiger partial charge on any atom is 0.140 e. The molecule has 3 aliphatic rings. The van der Waals surface area contributed by atoms with E-state index in [9.17, 15) is 0 Å². The zero-order valence-corrected chi connectivity index (χ0v) is 19.9. The van der Waals surface area contributed by atoms with Crippen molar-refractivity contribution < 1.29 is 0 Å². The van der Waals surface area contributed by atoms with Crippen molar-refractivity contribution in [1.82, 2.24) is 30.2 Å². The maximum atomic E-state index is 4.99. The number of fused-ring (bicyclic) bond motifs is 1. The number of pyridine rings is 1. The first kappa shape index (κ1) is 21.6. The third kappa shape index (κ3) is 4.70. The number of aryl methyl sites for hydroxylation is 1. The first-order chi connectivity index (χ1) is 17.2. The number of nitrogens with one attached hydrogen (secondary N) is 3. The van der Waals surface area contributed by atoms with Gasteiger partial charge in [0.25, 0.3) is 0 Å². The van der Waals surface area contributed by atoms with Gasteiger partial charge in [-0.25, -0.2) is 9.99 Å². The highest BCUT2D eigenvalue weighted by molar-refractivity contribution is 5.82. The van der Waals surface area contributed by atoms with Gasteiger partial charge in [0.15, 0.2) is 0 Å². The van der Waals surface area contributed by atoms with E-state index in [-0.39, 0.29) is 6.17 Å². The summed E-state index contributed by atoms with van der Waals surface area (Å²) in [7, 11) is 0. The molecule has 35 heavy (non-hydrogen) atoms. The van der Waals surface area contributed by atoms with Gasteiger partial charge in [0.2, 0.25) is 0 Å². The maximum absolute atomic E-state index is 4.99. The number of H-pyrrole nitrogens is 1. The summed E-state index contributed by atoms with van der Waals surface area (Å²) < 4.78 is 0. The van der Waals surface area contributed by atoms with Crippen molar-refractivity contribution in [2.75, 3.05) is 18.4 Å². The third-order valence-electron chi connectivity index (χ3n) is 6.61. The van der Waals surface area contributed by atoms with Crippen LogP contribution >= 0.6 is 0 Å². The van der Waals surface area contributed by atoms with Gasteiger partial charge < -0.3 is 15.6 Å². The van der Waals surface area contributed by atoms with Crippen LogP contribution in [0.1, 0.15) is 35.6 Å². The number of allylic oxidation sites excluding steroid dienone is 2. The van der Waals surface area contributed by atoms with E-state index in [1.165, 1.54) is 31.5 Å². The van der Waals surface area contributed by atoms with E-state index in [4.69, 9.17) is 9.97 Å². The summed E-state index contributed by atoms with van der Waals surface area (Å²) in [5, 5.41) is 13.0. The predicted molar refractivity (Wildman–Crippen MR) is 139 cm³/mol. The quantitative estimate of drug-likeness (QED) is 0.487. The molecule has 6 rings (SSSR count). The molecule has 3 aromatic rings. The van der Waals surface area contributed by atoms with Crippen LogP contribution in [-0.4, -0.2) is 50.5 Å². The molecule has 0 amide bonds. The van der Waals surface area contributed by atoms with Gasteiger partial charge >= 0.3 is 0 Å². The first-order valence-electron chi connectivity index (χ1n) is 12.3. The molecular formula is C27H30N8. The average molecular weight is 467 g/mol. The van der Waals surface area contributed by atoms with E-state index in [0.29, 0.717) is 6.54 Å². The summed E-state index contributed by atoms with van der Waals surface area (Å²) in [5.74, 6) is 0.864. The monoisotopic (exact) mass is 466 g/mol. The number of aromatic nitrogens is 3. The van der Waals surface area contributed by atoms with E-state index in [0.717, 1.165) is 46.4 Å². The van der Waals surface area contributed by atoms with Gasteiger partial charge in [-0.2, -0.15) is 5.10 Å². The number of rotatable bonds is 7. The Morgan fingerprint density at radius 2 is 1.97 bits per heavy atom. The highest BCUT2D eigenvalue weighted by atomic mass is 15.6. The van der Waals surface area contributed by atoms with Crippen LogP contribution in [0.2, 0.25) is 0 Å². The number of anilines is 1. The van der Waals surface area contributed by atoms with E-state index in [1.54, 1.807) is 6.34 Å². The largest absolute Gasteiger partial charge is 0.378 e. The third-order valence-corrected chi connectivity index (χ3v) is 6.61. The second-order valence-electron chi connectivity index (χ2n) is 9.29. The molecule has 1 aromatic carbocycles. The highest BCUT2D eigenvalue weighted by Gasteiger charge is 2.23. The first-order valence-corrected chi connectivity index (χ1v) is 12.3. The van der Waals surface area contributed by atoms with Crippen LogP contribution in [0.15, 0.2) is 65.9 Å². The van der Waals surface area contributed by atoms with Crippen molar-refractivity contribution in [3.8, 4) is 11.4 Å². The molecule has 0 radical (unpaired) electrons. The molecule has 178 valence electrons. The number of hydrogen-bond acceptors (Lipinski definition) is 7. The van der Waals surface area contributed by atoms with E-state index in [1.807, 2.05) is 36.3 Å². The Kier molecular flexibility index (Phi) is 5.79. The zero-order chi connectivity index (χ0) is 23.6. The van der Waals surface area contributed by atoms with Gasteiger partial charge in [-0.1, -0.05) is 24.3 Å². The van der Waals surface area contributed by atoms with Crippen LogP contribution in [0.25, 0.3) is 17.0 Å². The lowest BCUT2D eigenvalue weighted by Gasteiger charge is -2.21. The van der Waals surface area contributed by atoms with Crippen LogP contribution in [0.3, 0.4) is 0 Å². The number of hydrazone groups is 1.